The van der Waals surface area contributed by atoms with E-state index in [-0.39, 0.29) is 11.3 Å². The van der Waals surface area contributed by atoms with Gasteiger partial charge in [-0.15, -0.1) is 0 Å². The van der Waals surface area contributed by atoms with Gasteiger partial charge in [-0.3, -0.25) is 0 Å². The number of esters is 2. The Labute approximate surface area is 140 Å². The average Bonchev–Trinajstić information content (AvgIpc) is 3.02. The van der Waals surface area contributed by atoms with Crippen LogP contribution in [0.3, 0.4) is 0 Å². The molecule has 1 aliphatic heterocycles. The molecular weight excluding hydrogens is 308 g/mol. The van der Waals surface area contributed by atoms with Crippen molar-refractivity contribution in [2.24, 2.45) is 0 Å². The highest BCUT2D eigenvalue weighted by molar-refractivity contribution is 6.02. The predicted octanol–water partition coefficient (Wildman–Crippen LogP) is 2.22. The van der Waals surface area contributed by atoms with Gasteiger partial charge in [-0.25, -0.2) is 14.6 Å². The Morgan fingerprint density at radius 2 is 1.83 bits per heavy atom. The van der Waals surface area contributed by atoms with Crippen molar-refractivity contribution in [3.63, 3.8) is 0 Å². The SMILES string of the molecule is COC(=O)c1cc2c(nc1C(=O)OC)N(Cc1ccccc1)CC2. The van der Waals surface area contributed by atoms with Gasteiger partial charge in [0.15, 0.2) is 5.69 Å². The Morgan fingerprint density at radius 1 is 1.12 bits per heavy atom. The molecule has 0 unspecified atom stereocenters. The zero-order valence-corrected chi connectivity index (χ0v) is 13.6. The molecule has 0 fully saturated rings. The van der Waals surface area contributed by atoms with E-state index in [0.29, 0.717) is 12.4 Å². The van der Waals surface area contributed by atoms with Gasteiger partial charge in [0.05, 0.1) is 19.8 Å². The van der Waals surface area contributed by atoms with Crippen molar-refractivity contribution in [1.82, 2.24) is 4.98 Å². The van der Waals surface area contributed by atoms with Gasteiger partial charge in [-0.1, -0.05) is 30.3 Å². The molecule has 0 bridgehead atoms. The van der Waals surface area contributed by atoms with E-state index in [0.717, 1.165) is 24.1 Å². The zero-order chi connectivity index (χ0) is 17.1. The topological polar surface area (TPSA) is 68.7 Å². The highest BCUT2D eigenvalue weighted by Crippen LogP contribution is 2.30. The number of hydrogen-bond acceptors (Lipinski definition) is 6. The number of carbonyl (C=O) groups is 2. The molecule has 6 nitrogen and oxygen atoms in total. The maximum atomic E-state index is 12.0. The Balaban J connectivity index is 1.99. The van der Waals surface area contributed by atoms with E-state index in [4.69, 9.17) is 9.47 Å². The van der Waals surface area contributed by atoms with Crippen molar-refractivity contribution in [2.45, 2.75) is 13.0 Å². The van der Waals surface area contributed by atoms with E-state index in [1.165, 1.54) is 14.2 Å². The molecule has 2 heterocycles. The number of anilines is 1. The minimum Gasteiger partial charge on any atom is -0.465 e. The molecular formula is C18H18N2O4. The van der Waals surface area contributed by atoms with Crippen LogP contribution in [-0.2, 0) is 22.4 Å². The van der Waals surface area contributed by atoms with Gasteiger partial charge in [0.2, 0.25) is 0 Å². The highest BCUT2D eigenvalue weighted by atomic mass is 16.5. The van der Waals surface area contributed by atoms with Gasteiger partial charge in [0, 0.05) is 13.1 Å². The number of rotatable bonds is 4. The van der Waals surface area contributed by atoms with E-state index in [2.05, 4.69) is 9.88 Å². The normalized spacial score (nSPS) is 12.7. The van der Waals surface area contributed by atoms with E-state index < -0.39 is 11.9 Å². The number of fused-ring (bicyclic) bond motifs is 1. The molecule has 6 heteroatoms. The van der Waals surface area contributed by atoms with Crippen molar-refractivity contribution >= 4 is 17.8 Å². The lowest BCUT2D eigenvalue weighted by molar-refractivity contribution is 0.0550. The summed E-state index contributed by atoms with van der Waals surface area (Å²) in [6.45, 7) is 1.47. The third-order valence-corrected chi connectivity index (χ3v) is 4.03. The largest absolute Gasteiger partial charge is 0.465 e. The molecule has 1 aromatic heterocycles. The van der Waals surface area contributed by atoms with Gasteiger partial charge in [-0.2, -0.15) is 0 Å². The second kappa shape index (κ2) is 6.70. The number of aromatic nitrogens is 1. The standard InChI is InChI=1S/C18H18N2O4/c1-23-17(21)14-10-13-8-9-20(11-12-6-4-3-5-7-12)16(13)19-15(14)18(22)24-2/h3-7,10H,8-9,11H2,1-2H3. The van der Waals surface area contributed by atoms with Crippen LogP contribution in [-0.4, -0.2) is 37.7 Å². The number of nitrogens with zero attached hydrogens (tertiary/aromatic N) is 2. The smallest absolute Gasteiger partial charge is 0.357 e. The van der Waals surface area contributed by atoms with Crippen molar-refractivity contribution in [2.75, 3.05) is 25.7 Å². The molecule has 0 N–H and O–H groups in total. The van der Waals surface area contributed by atoms with Crippen molar-refractivity contribution in [1.29, 1.82) is 0 Å². The second-order valence-electron chi connectivity index (χ2n) is 5.51. The number of carbonyl (C=O) groups excluding carboxylic acids is 2. The van der Waals surface area contributed by atoms with E-state index >= 15 is 0 Å². The number of ether oxygens (including phenoxy) is 2. The van der Waals surface area contributed by atoms with Crippen LogP contribution in [0.2, 0.25) is 0 Å². The van der Waals surface area contributed by atoms with Crippen molar-refractivity contribution in [3.05, 3.63) is 58.8 Å². The number of benzene rings is 1. The summed E-state index contributed by atoms with van der Waals surface area (Å²) in [6, 6.07) is 11.7. The Bertz CT molecular complexity index is 774. The number of methoxy groups -OCH3 is 2. The summed E-state index contributed by atoms with van der Waals surface area (Å²) in [5.41, 5.74) is 2.22. The fourth-order valence-corrected chi connectivity index (χ4v) is 2.84. The second-order valence-corrected chi connectivity index (χ2v) is 5.51. The molecule has 1 aromatic carbocycles. The van der Waals surface area contributed by atoms with Crippen LogP contribution < -0.4 is 4.90 Å². The molecule has 0 atom stereocenters. The number of hydrogen-bond donors (Lipinski definition) is 0. The van der Waals surface area contributed by atoms with E-state index in [1.807, 2.05) is 30.3 Å². The van der Waals surface area contributed by atoms with E-state index in [9.17, 15) is 9.59 Å². The molecule has 0 spiro atoms. The Kier molecular flexibility index (Phi) is 4.46. The summed E-state index contributed by atoms with van der Waals surface area (Å²) < 4.78 is 9.51. The summed E-state index contributed by atoms with van der Waals surface area (Å²) in [5, 5.41) is 0. The zero-order valence-electron chi connectivity index (χ0n) is 13.6. The predicted molar refractivity (Wildman–Crippen MR) is 88.1 cm³/mol. The van der Waals surface area contributed by atoms with Crippen LogP contribution >= 0.6 is 0 Å². The molecule has 0 saturated carbocycles. The van der Waals surface area contributed by atoms with Crippen LogP contribution in [0, 0.1) is 0 Å². The van der Waals surface area contributed by atoms with Crippen LogP contribution in [0.15, 0.2) is 36.4 Å². The third-order valence-electron chi connectivity index (χ3n) is 4.03. The molecule has 124 valence electrons. The fraction of sp³-hybridized carbons (Fsp3) is 0.278. The maximum absolute atomic E-state index is 12.0. The lowest BCUT2D eigenvalue weighted by Crippen LogP contribution is -2.22. The summed E-state index contributed by atoms with van der Waals surface area (Å²) in [5.74, 6) is -0.524. The molecule has 0 radical (unpaired) electrons. The summed E-state index contributed by atoms with van der Waals surface area (Å²) >= 11 is 0. The quantitative estimate of drug-likeness (QED) is 0.803. The van der Waals surface area contributed by atoms with Gasteiger partial charge < -0.3 is 14.4 Å². The molecule has 2 aromatic rings. The minimum absolute atomic E-state index is 0.0111. The van der Waals surface area contributed by atoms with Crippen LogP contribution in [0.1, 0.15) is 32.0 Å². The summed E-state index contributed by atoms with van der Waals surface area (Å²) in [6.07, 6.45) is 0.764. The Morgan fingerprint density at radius 3 is 2.50 bits per heavy atom. The molecule has 3 rings (SSSR count). The van der Waals surface area contributed by atoms with Crippen LogP contribution in [0.25, 0.3) is 0 Å². The first-order valence-electron chi connectivity index (χ1n) is 7.63. The third kappa shape index (κ3) is 2.95. The average molecular weight is 326 g/mol. The van der Waals surface area contributed by atoms with Crippen molar-refractivity contribution < 1.29 is 19.1 Å². The van der Waals surface area contributed by atoms with Gasteiger partial charge in [0.1, 0.15) is 5.82 Å². The van der Waals surface area contributed by atoms with Gasteiger partial charge >= 0.3 is 11.9 Å². The van der Waals surface area contributed by atoms with Gasteiger partial charge in [-0.05, 0) is 23.6 Å². The van der Waals surface area contributed by atoms with Crippen LogP contribution in [0.5, 0.6) is 0 Å². The molecule has 1 aliphatic rings. The van der Waals surface area contributed by atoms with Crippen molar-refractivity contribution in [3.8, 4) is 0 Å². The highest BCUT2D eigenvalue weighted by Gasteiger charge is 2.28. The minimum atomic E-state index is -0.648. The Hall–Kier alpha value is -2.89. The summed E-state index contributed by atoms with van der Waals surface area (Å²) in [4.78, 5) is 30.5. The first kappa shape index (κ1) is 16.0. The molecule has 0 amide bonds. The lowest BCUT2D eigenvalue weighted by Gasteiger charge is -2.19. The number of pyridine rings is 1. The molecule has 0 saturated heterocycles. The molecule has 0 aliphatic carbocycles. The fourth-order valence-electron chi connectivity index (χ4n) is 2.84. The van der Waals surface area contributed by atoms with E-state index in [1.54, 1.807) is 6.07 Å². The first-order valence-corrected chi connectivity index (χ1v) is 7.63. The maximum Gasteiger partial charge on any atom is 0.357 e. The van der Waals surface area contributed by atoms with Crippen LogP contribution in [0.4, 0.5) is 5.82 Å². The monoisotopic (exact) mass is 326 g/mol. The summed E-state index contributed by atoms with van der Waals surface area (Å²) in [7, 11) is 2.54. The van der Waals surface area contributed by atoms with Gasteiger partial charge in [0.25, 0.3) is 0 Å². The molecule has 24 heavy (non-hydrogen) atoms. The lowest BCUT2D eigenvalue weighted by atomic mass is 10.1. The first-order chi connectivity index (χ1) is 11.6.